The molecule has 0 aliphatic heterocycles. The predicted molar refractivity (Wildman–Crippen MR) is 126 cm³/mol. The Balaban J connectivity index is 1.75. The molecule has 1 aromatic carbocycles. The first-order chi connectivity index (χ1) is 13.1. The summed E-state index contributed by atoms with van der Waals surface area (Å²) in [5.74, 6) is 1.36. The van der Waals surface area contributed by atoms with Gasteiger partial charge in [-0.25, -0.2) is 4.79 Å². The van der Waals surface area contributed by atoms with Crippen molar-refractivity contribution in [2.45, 2.75) is 34.5 Å². The lowest BCUT2D eigenvalue weighted by Crippen LogP contribution is -2.18. The SMILES string of the molecule is COc1cccc2c(SCCCCCCOC(=O)C(I)CI)cc(=O)oc12. The minimum atomic E-state index is -0.364. The summed E-state index contributed by atoms with van der Waals surface area (Å²) in [5.41, 5.74) is 0.133. The first-order valence-corrected chi connectivity index (χ1v) is 12.4. The van der Waals surface area contributed by atoms with Crippen LogP contribution in [0.25, 0.3) is 11.0 Å². The minimum absolute atomic E-state index is 0.0587. The zero-order valence-electron chi connectivity index (χ0n) is 15.0. The number of benzene rings is 1. The van der Waals surface area contributed by atoms with E-state index in [-0.39, 0.29) is 15.5 Å². The van der Waals surface area contributed by atoms with Gasteiger partial charge in [-0.1, -0.05) is 64.1 Å². The number of halogens is 2. The van der Waals surface area contributed by atoms with Crippen molar-refractivity contribution >= 4 is 73.9 Å². The molecule has 2 aromatic rings. The van der Waals surface area contributed by atoms with E-state index in [1.807, 2.05) is 12.1 Å². The summed E-state index contributed by atoms with van der Waals surface area (Å²) in [4.78, 5) is 24.3. The van der Waals surface area contributed by atoms with Gasteiger partial charge in [-0.15, -0.1) is 11.8 Å². The molecular formula is C19H22I2O5S. The lowest BCUT2D eigenvalue weighted by molar-refractivity contribution is -0.142. The highest BCUT2D eigenvalue weighted by atomic mass is 127. The monoisotopic (exact) mass is 616 g/mol. The van der Waals surface area contributed by atoms with Crippen LogP contribution in [0.15, 0.2) is 38.4 Å². The van der Waals surface area contributed by atoms with E-state index < -0.39 is 0 Å². The third kappa shape index (κ3) is 7.12. The number of rotatable bonds is 11. The maximum atomic E-state index is 11.8. The molecule has 0 saturated carbocycles. The molecule has 1 unspecified atom stereocenters. The van der Waals surface area contributed by atoms with Crippen molar-refractivity contribution in [3.63, 3.8) is 0 Å². The molecular weight excluding hydrogens is 594 g/mol. The lowest BCUT2D eigenvalue weighted by atomic mass is 10.2. The second-order valence-corrected chi connectivity index (χ2v) is 9.34. The second kappa shape index (κ2) is 12.2. The van der Waals surface area contributed by atoms with Crippen molar-refractivity contribution < 1.29 is 18.7 Å². The maximum absolute atomic E-state index is 11.8. The van der Waals surface area contributed by atoms with Gasteiger partial charge in [0.2, 0.25) is 0 Å². The van der Waals surface area contributed by atoms with Crippen LogP contribution in [0.1, 0.15) is 25.7 Å². The van der Waals surface area contributed by atoms with Gasteiger partial charge in [-0.05, 0) is 30.7 Å². The fourth-order valence-corrected chi connectivity index (χ4v) is 4.08. The average molecular weight is 616 g/mol. The van der Waals surface area contributed by atoms with Gasteiger partial charge in [0.25, 0.3) is 0 Å². The summed E-state index contributed by atoms with van der Waals surface area (Å²) >= 11 is 5.95. The molecule has 0 aliphatic rings. The number of carbonyl (C=O) groups is 1. The highest BCUT2D eigenvalue weighted by Gasteiger charge is 2.14. The number of hydrogen-bond donors (Lipinski definition) is 0. The molecule has 0 radical (unpaired) electrons. The van der Waals surface area contributed by atoms with Crippen molar-refractivity contribution in [3.8, 4) is 5.75 Å². The van der Waals surface area contributed by atoms with Crippen molar-refractivity contribution in [1.82, 2.24) is 0 Å². The number of alkyl halides is 2. The molecule has 0 aliphatic carbocycles. The van der Waals surface area contributed by atoms with Crippen molar-refractivity contribution in [3.05, 3.63) is 34.7 Å². The summed E-state index contributed by atoms with van der Waals surface area (Å²) in [6.45, 7) is 0.492. The van der Waals surface area contributed by atoms with E-state index in [1.54, 1.807) is 31.0 Å². The van der Waals surface area contributed by atoms with Crippen molar-refractivity contribution in [1.29, 1.82) is 0 Å². The molecule has 148 valence electrons. The van der Waals surface area contributed by atoms with E-state index >= 15 is 0 Å². The van der Waals surface area contributed by atoms with Gasteiger partial charge in [0.05, 0.1) is 13.7 Å². The van der Waals surface area contributed by atoms with Crippen LogP contribution in [0.2, 0.25) is 0 Å². The molecule has 1 heterocycles. The topological polar surface area (TPSA) is 65.7 Å². The van der Waals surface area contributed by atoms with Gasteiger partial charge < -0.3 is 13.9 Å². The van der Waals surface area contributed by atoms with Gasteiger partial charge in [0, 0.05) is 20.8 Å². The number of thioether (sulfide) groups is 1. The molecule has 27 heavy (non-hydrogen) atoms. The third-order valence-corrected chi connectivity index (χ3v) is 8.50. The largest absolute Gasteiger partial charge is 0.493 e. The smallest absolute Gasteiger partial charge is 0.337 e. The Morgan fingerprint density at radius 3 is 2.78 bits per heavy atom. The molecule has 0 spiro atoms. The predicted octanol–water partition coefficient (Wildman–Crippen LogP) is 5.24. The molecule has 0 bridgehead atoms. The zero-order chi connectivity index (χ0) is 19.6. The molecule has 0 amide bonds. The Hall–Kier alpha value is -0.490. The number of fused-ring (bicyclic) bond motifs is 1. The Kier molecular flexibility index (Phi) is 10.3. The van der Waals surface area contributed by atoms with Crippen LogP contribution in [0.5, 0.6) is 5.75 Å². The highest BCUT2D eigenvalue weighted by molar-refractivity contribution is 14.1. The van der Waals surface area contributed by atoms with E-state index in [4.69, 9.17) is 13.9 Å². The standard InChI is InChI=1S/C19H22I2O5S/c1-24-15-8-6-7-13-16(11-17(22)26-18(13)15)27-10-5-3-2-4-9-25-19(23)14(21)12-20/h6-8,11,14H,2-5,9-10,12H2,1H3. The first-order valence-electron chi connectivity index (χ1n) is 8.67. The summed E-state index contributed by atoms with van der Waals surface area (Å²) in [7, 11) is 1.56. The fraction of sp³-hybridized carbons (Fsp3) is 0.474. The summed E-state index contributed by atoms with van der Waals surface area (Å²) in [6, 6.07) is 7.16. The van der Waals surface area contributed by atoms with Crippen molar-refractivity contribution in [2.24, 2.45) is 0 Å². The summed E-state index contributed by atoms with van der Waals surface area (Å²) < 4.78 is 16.5. The Morgan fingerprint density at radius 1 is 1.26 bits per heavy atom. The molecule has 1 aromatic heterocycles. The zero-order valence-corrected chi connectivity index (χ0v) is 20.2. The Morgan fingerprint density at radius 2 is 2.04 bits per heavy atom. The number of carbonyl (C=O) groups excluding carboxylic acids is 1. The molecule has 2 rings (SSSR count). The number of ether oxygens (including phenoxy) is 2. The number of methoxy groups -OCH3 is 1. The van der Waals surface area contributed by atoms with Crippen molar-refractivity contribution in [2.75, 3.05) is 23.9 Å². The number of para-hydroxylation sites is 1. The van der Waals surface area contributed by atoms with Crippen LogP contribution in [0, 0.1) is 0 Å². The Labute approximate surface area is 190 Å². The van der Waals surface area contributed by atoms with E-state index in [2.05, 4.69) is 45.2 Å². The highest BCUT2D eigenvalue weighted by Crippen LogP contribution is 2.32. The van der Waals surface area contributed by atoms with E-state index in [1.165, 1.54) is 0 Å². The fourth-order valence-electron chi connectivity index (χ4n) is 2.48. The molecule has 1 atom stereocenters. The van der Waals surface area contributed by atoms with Crippen LogP contribution in [0.3, 0.4) is 0 Å². The minimum Gasteiger partial charge on any atom is -0.493 e. The van der Waals surface area contributed by atoms with Crippen LogP contribution < -0.4 is 10.4 Å². The van der Waals surface area contributed by atoms with Gasteiger partial charge in [0.1, 0.15) is 3.92 Å². The lowest BCUT2D eigenvalue weighted by Gasteiger charge is -2.08. The van der Waals surface area contributed by atoms with Crippen LogP contribution in [-0.4, -0.2) is 33.8 Å². The number of unbranched alkanes of at least 4 members (excludes halogenated alkanes) is 3. The van der Waals surface area contributed by atoms with Crippen LogP contribution in [0.4, 0.5) is 0 Å². The Bertz CT molecular complexity index is 808. The number of esters is 1. The van der Waals surface area contributed by atoms with Gasteiger partial charge in [-0.2, -0.15) is 0 Å². The maximum Gasteiger partial charge on any atom is 0.337 e. The third-order valence-electron chi connectivity index (χ3n) is 3.85. The quantitative estimate of drug-likeness (QED) is 0.0861. The number of hydrogen-bond acceptors (Lipinski definition) is 6. The van der Waals surface area contributed by atoms with E-state index in [0.717, 1.165) is 46.1 Å². The molecule has 0 saturated heterocycles. The molecule has 8 heteroatoms. The summed E-state index contributed by atoms with van der Waals surface area (Å²) in [5, 5.41) is 0.898. The van der Waals surface area contributed by atoms with Gasteiger partial charge in [-0.3, -0.25) is 4.79 Å². The van der Waals surface area contributed by atoms with Crippen LogP contribution in [-0.2, 0) is 9.53 Å². The van der Waals surface area contributed by atoms with E-state index in [0.29, 0.717) is 17.9 Å². The van der Waals surface area contributed by atoms with Gasteiger partial charge in [0.15, 0.2) is 11.3 Å². The first kappa shape index (κ1) is 22.8. The summed E-state index contributed by atoms with van der Waals surface area (Å²) in [6.07, 6.45) is 4.01. The molecule has 0 N–H and O–H groups in total. The molecule has 5 nitrogen and oxygen atoms in total. The normalized spacial score (nSPS) is 12.1. The molecule has 0 fully saturated rings. The van der Waals surface area contributed by atoms with Crippen LogP contribution >= 0.6 is 56.9 Å². The second-order valence-electron chi connectivity index (χ2n) is 5.82. The van der Waals surface area contributed by atoms with E-state index in [9.17, 15) is 9.59 Å². The average Bonchev–Trinajstić information content (AvgIpc) is 2.68. The van der Waals surface area contributed by atoms with Gasteiger partial charge >= 0.3 is 11.6 Å².